The van der Waals surface area contributed by atoms with E-state index in [0.29, 0.717) is 30.9 Å². The number of nitrogens with one attached hydrogen (secondary N) is 1. The van der Waals surface area contributed by atoms with Gasteiger partial charge in [0, 0.05) is 25.2 Å². The number of pyridine rings is 1. The summed E-state index contributed by atoms with van der Waals surface area (Å²) >= 11 is 0. The van der Waals surface area contributed by atoms with Crippen molar-refractivity contribution in [1.29, 1.82) is 0 Å². The Morgan fingerprint density at radius 3 is 3.05 bits per heavy atom. The zero-order valence-corrected chi connectivity index (χ0v) is 10.4. The average Bonchev–Trinajstić information content (AvgIpc) is 2.38. The van der Waals surface area contributed by atoms with Gasteiger partial charge >= 0.3 is 5.97 Å². The van der Waals surface area contributed by atoms with Crippen LogP contribution in [-0.4, -0.2) is 27.0 Å². The number of carboxylic acids is 1. The standard InChI is InChI=1S/C13H15N3O3/c17-12-8-10(9-14-6-3-5-13(18)19)15-11-4-1-2-7-16(11)12/h1-2,4,7-8,14H,3,5-6,9H2,(H,18,19). The van der Waals surface area contributed by atoms with Crippen LogP contribution in [0.15, 0.2) is 35.3 Å². The van der Waals surface area contributed by atoms with Crippen molar-refractivity contribution < 1.29 is 9.90 Å². The van der Waals surface area contributed by atoms with Crippen LogP contribution in [0.1, 0.15) is 18.5 Å². The molecule has 2 N–H and O–H groups in total. The van der Waals surface area contributed by atoms with Crippen LogP contribution >= 0.6 is 0 Å². The maximum absolute atomic E-state index is 11.8. The number of fused-ring (bicyclic) bond motifs is 1. The summed E-state index contributed by atoms with van der Waals surface area (Å²) in [6.07, 6.45) is 2.37. The molecule has 0 amide bonds. The van der Waals surface area contributed by atoms with E-state index in [0.717, 1.165) is 0 Å². The summed E-state index contributed by atoms with van der Waals surface area (Å²) < 4.78 is 1.48. The lowest BCUT2D eigenvalue weighted by atomic mass is 10.3. The first kappa shape index (κ1) is 13.2. The topological polar surface area (TPSA) is 83.7 Å². The third-order valence-corrected chi connectivity index (χ3v) is 2.67. The highest BCUT2D eigenvalue weighted by atomic mass is 16.4. The zero-order valence-electron chi connectivity index (χ0n) is 10.4. The molecule has 0 aliphatic heterocycles. The van der Waals surface area contributed by atoms with Gasteiger partial charge in [0.1, 0.15) is 5.65 Å². The molecular formula is C13H15N3O3. The molecule has 0 atom stereocenters. The van der Waals surface area contributed by atoms with Crippen LogP contribution in [0.25, 0.3) is 5.65 Å². The second-order valence-corrected chi connectivity index (χ2v) is 4.19. The third kappa shape index (κ3) is 3.62. The van der Waals surface area contributed by atoms with Crippen LogP contribution in [0.3, 0.4) is 0 Å². The van der Waals surface area contributed by atoms with Crippen molar-refractivity contribution in [3.8, 4) is 0 Å². The van der Waals surface area contributed by atoms with E-state index in [1.807, 2.05) is 6.07 Å². The molecule has 6 nitrogen and oxygen atoms in total. The lowest BCUT2D eigenvalue weighted by molar-refractivity contribution is -0.137. The number of aliphatic carboxylic acids is 1. The molecule has 0 aliphatic carbocycles. The van der Waals surface area contributed by atoms with Gasteiger partial charge in [-0.2, -0.15) is 0 Å². The van der Waals surface area contributed by atoms with E-state index >= 15 is 0 Å². The minimum absolute atomic E-state index is 0.118. The Hall–Kier alpha value is -2.21. The van der Waals surface area contributed by atoms with Gasteiger partial charge in [-0.15, -0.1) is 0 Å². The molecule has 2 rings (SSSR count). The predicted molar refractivity (Wildman–Crippen MR) is 70.0 cm³/mol. The Morgan fingerprint density at radius 1 is 1.42 bits per heavy atom. The van der Waals surface area contributed by atoms with Crippen molar-refractivity contribution in [3.05, 3.63) is 46.5 Å². The molecule has 0 saturated heterocycles. The predicted octanol–water partition coefficient (Wildman–Crippen LogP) is 0.649. The molecule has 6 heteroatoms. The second kappa shape index (κ2) is 6.10. The summed E-state index contributed by atoms with van der Waals surface area (Å²) in [5, 5.41) is 11.6. The molecular weight excluding hydrogens is 246 g/mol. The van der Waals surface area contributed by atoms with Gasteiger partial charge in [-0.25, -0.2) is 4.98 Å². The summed E-state index contributed by atoms with van der Waals surface area (Å²) in [5.74, 6) is -0.802. The Labute approximate surface area is 109 Å². The Kier molecular flexibility index (Phi) is 4.25. The molecule has 19 heavy (non-hydrogen) atoms. The van der Waals surface area contributed by atoms with Crippen molar-refractivity contribution in [2.45, 2.75) is 19.4 Å². The maximum Gasteiger partial charge on any atom is 0.303 e. The van der Waals surface area contributed by atoms with Gasteiger partial charge < -0.3 is 10.4 Å². The van der Waals surface area contributed by atoms with Gasteiger partial charge in [0.2, 0.25) is 0 Å². The van der Waals surface area contributed by atoms with Gasteiger partial charge in [-0.05, 0) is 25.1 Å². The maximum atomic E-state index is 11.8. The molecule has 0 unspecified atom stereocenters. The quantitative estimate of drug-likeness (QED) is 0.746. The first-order valence-corrected chi connectivity index (χ1v) is 6.06. The van der Waals surface area contributed by atoms with E-state index in [4.69, 9.17) is 5.11 Å². The van der Waals surface area contributed by atoms with Crippen LogP contribution in [0.2, 0.25) is 0 Å². The van der Waals surface area contributed by atoms with Crippen molar-refractivity contribution in [2.24, 2.45) is 0 Å². The number of rotatable bonds is 6. The number of hydrogen-bond donors (Lipinski definition) is 2. The highest BCUT2D eigenvalue weighted by Crippen LogP contribution is 1.98. The van der Waals surface area contributed by atoms with Gasteiger partial charge in [0.25, 0.3) is 5.56 Å². The largest absolute Gasteiger partial charge is 0.481 e. The molecule has 0 bridgehead atoms. The number of carboxylic acid groups (broad SMARTS) is 1. The Bertz CT molecular complexity index is 636. The molecule has 0 aromatic carbocycles. The van der Waals surface area contributed by atoms with E-state index < -0.39 is 5.97 Å². The van der Waals surface area contributed by atoms with Crippen LogP contribution in [0.5, 0.6) is 0 Å². The Balaban J connectivity index is 1.98. The summed E-state index contributed by atoms with van der Waals surface area (Å²) in [7, 11) is 0. The van der Waals surface area contributed by atoms with Gasteiger partial charge in [-0.3, -0.25) is 14.0 Å². The molecule has 2 aromatic heterocycles. The fraction of sp³-hybridized carbons (Fsp3) is 0.308. The van der Waals surface area contributed by atoms with Gasteiger partial charge in [0.15, 0.2) is 0 Å². The first-order chi connectivity index (χ1) is 9.16. The number of aromatic nitrogens is 2. The normalized spacial score (nSPS) is 10.7. The second-order valence-electron chi connectivity index (χ2n) is 4.19. The number of hydrogen-bond acceptors (Lipinski definition) is 4. The first-order valence-electron chi connectivity index (χ1n) is 6.06. The van der Waals surface area contributed by atoms with E-state index in [-0.39, 0.29) is 12.0 Å². The van der Waals surface area contributed by atoms with Crippen molar-refractivity contribution in [2.75, 3.05) is 6.54 Å². The highest BCUT2D eigenvalue weighted by molar-refractivity contribution is 5.66. The summed E-state index contributed by atoms with van der Waals surface area (Å²) in [6, 6.07) is 6.86. The molecule has 0 aliphatic rings. The van der Waals surface area contributed by atoms with E-state index in [9.17, 15) is 9.59 Å². The smallest absolute Gasteiger partial charge is 0.303 e. The monoisotopic (exact) mass is 261 g/mol. The van der Waals surface area contributed by atoms with Crippen LogP contribution < -0.4 is 10.9 Å². The summed E-state index contributed by atoms with van der Waals surface area (Å²) in [6.45, 7) is 1.04. The van der Waals surface area contributed by atoms with Gasteiger partial charge in [-0.1, -0.05) is 6.07 Å². The molecule has 2 heterocycles. The highest BCUT2D eigenvalue weighted by Gasteiger charge is 2.01. The third-order valence-electron chi connectivity index (χ3n) is 2.67. The minimum atomic E-state index is -0.802. The van der Waals surface area contributed by atoms with E-state index in [1.54, 1.807) is 18.3 Å². The molecule has 0 radical (unpaired) electrons. The SMILES string of the molecule is O=C(O)CCCNCc1cc(=O)n2ccccc2n1. The molecule has 100 valence electrons. The number of carbonyl (C=O) groups is 1. The van der Waals surface area contributed by atoms with E-state index in [1.165, 1.54) is 10.5 Å². The lowest BCUT2D eigenvalue weighted by Gasteiger charge is -2.05. The average molecular weight is 261 g/mol. The minimum Gasteiger partial charge on any atom is -0.481 e. The van der Waals surface area contributed by atoms with Crippen molar-refractivity contribution >= 4 is 11.6 Å². The molecule has 0 fully saturated rings. The zero-order chi connectivity index (χ0) is 13.7. The summed E-state index contributed by atoms with van der Waals surface area (Å²) in [5.41, 5.74) is 1.15. The van der Waals surface area contributed by atoms with Crippen LogP contribution in [0.4, 0.5) is 0 Å². The number of nitrogens with zero attached hydrogens (tertiary/aromatic N) is 2. The molecule has 0 saturated carbocycles. The fourth-order valence-corrected chi connectivity index (χ4v) is 1.77. The lowest BCUT2D eigenvalue weighted by Crippen LogP contribution is -2.20. The van der Waals surface area contributed by atoms with Crippen molar-refractivity contribution in [1.82, 2.24) is 14.7 Å². The molecule has 2 aromatic rings. The summed E-state index contributed by atoms with van der Waals surface area (Å²) in [4.78, 5) is 26.5. The van der Waals surface area contributed by atoms with Gasteiger partial charge in [0.05, 0.1) is 5.69 Å². The van der Waals surface area contributed by atoms with Crippen molar-refractivity contribution in [3.63, 3.8) is 0 Å². The van der Waals surface area contributed by atoms with Crippen LogP contribution in [-0.2, 0) is 11.3 Å². The molecule has 0 spiro atoms. The van der Waals surface area contributed by atoms with E-state index in [2.05, 4.69) is 10.3 Å². The van der Waals surface area contributed by atoms with Crippen LogP contribution in [0, 0.1) is 0 Å². The Morgan fingerprint density at radius 2 is 2.26 bits per heavy atom. The fourth-order valence-electron chi connectivity index (χ4n) is 1.77.